The van der Waals surface area contributed by atoms with Crippen LogP contribution >= 0.6 is 0 Å². The lowest BCUT2D eigenvalue weighted by Gasteiger charge is -2.10. The van der Waals surface area contributed by atoms with Gasteiger partial charge in [-0.05, 0) is 48.5 Å². The largest absolute Gasteiger partial charge is 0.294 e. The maximum atomic E-state index is 9.05. The summed E-state index contributed by atoms with van der Waals surface area (Å²) in [5, 5.41) is 9.05. The van der Waals surface area contributed by atoms with E-state index in [1.54, 1.807) is 98.1 Å². The second-order valence-corrected chi connectivity index (χ2v) is 7.93. The first-order valence-corrected chi connectivity index (χ1v) is 11.5. The Morgan fingerprint density at radius 1 is 0.368 bits per heavy atom. The fraction of sp³-hybridized carbons (Fsp3) is 0. The molecule has 0 unspecified atom stereocenters. The summed E-state index contributed by atoms with van der Waals surface area (Å²) in [5.41, 5.74) is 2.86. The van der Waals surface area contributed by atoms with Crippen LogP contribution < -0.4 is 0 Å². The Hall–Kier alpha value is -5.71. The van der Waals surface area contributed by atoms with Gasteiger partial charge in [-0.3, -0.25) is 25.3 Å². The Kier molecular flexibility index (Phi) is 6.05. The number of nitrogens with zero attached hydrogens (tertiary/aromatic N) is 10. The van der Waals surface area contributed by atoms with Crippen molar-refractivity contribution in [3.05, 3.63) is 110 Å². The highest BCUT2D eigenvalue weighted by Gasteiger charge is 2.20. The summed E-state index contributed by atoms with van der Waals surface area (Å²) in [5.74, 6) is 1.81. The third kappa shape index (κ3) is 4.71. The van der Waals surface area contributed by atoms with E-state index in [0.717, 1.165) is 22.3 Å². The lowest BCUT2D eigenvalue weighted by atomic mass is 10.2. The van der Waals surface area contributed by atoms with Crippen LogP contribution in [-0.4, -0.2) is 55.6 Å². The molecule has 0 aliphatic rings. The van der Waals surface area contributed by atoms with Crippen molar-refractivity contribution < 1.29 is 0 Å². The molecule has 0 bridgehead atoms. The first-order chi connectivity index (χ1) is 18.7. The number of hydrogen-bond acceptors (Lipinski definition) is 11. The smallest absolute Gasteiger partial charge is 0.185 e. The average Bonchev–Trinajstić information content (AvgIpc) is 3.02. The monoisotopic (exact) mass is 495 g/mol. The van der Waals surface area contributed by atoms with Crippen molar-refractivity contribution in [2.75, 3.05) is 0 Å². The van der Waals surface area contributed by atoms with Gasteiger partial charge in [-0.1, -0.05) is 0 Å². The van der Waals surface area contributed by atoms with Gasteiger partial charge >= 0.3 is 0 Å². The standard InChI is InChI=1S/C27H17N11/c28-21(26-35-22(17-1-9-29-10-2-17)33-23(36-26)18-3-11-30-12-4-18)27-37-24(19-5-13-31-14-6-19)34-25(38-27)20-7-15-32-16-8-20/h1-16,28H. The minimum atomic E-state index is -0.0778. The minimum absolute atomic E-state index is 0.0778. The second kappa shape index (κ2) is 10.1. The van der Waals surface area contributed by atoms with Crippen molar-refractivity contribution in [2.24, 2.45) is 0 Å². The zero-order valence-electron chi connectivity index (χ0n) is 19.7. The molecule has 1 N–H and O–H groups in total. The highest BCUT2D eigenvalue weighted by atomic mass is 15.1. The van der Waals surface area contributed by atoms with Crippen molar-refractivity contribution in [2.45, 2.75) is 0 Å². The number of rotatable bonds is 6. The van der Waals surface area contributed by atoms with Crippen LogP contribution in [0.1, 0.15) is 11.6 Å². The lowest BCUT2D eigenvalue weighted by Crippen LogP contribution is -2.15. The average molecular weight is 496 g/mol. The molecule has 6 heterocycles. The van der Waals surface area contributed by atoms with Gasteiger partial charge in [-0.25, -0.2) is 29.9 Å². The Balaban J connectivity index is 1.51. The van der Waals surface area contributed by atoms with E-state index in [1.807, 2.05) is 0 Å². The van der Waals surface area contributed by atoms with Crippen LogP contribution in [0.3, 0.4) is 0 Å². The highest BCUT2D eigenvalue weighted by Crippen LogP contribution is 2.22. The van der Waals surface area contributed by atoms with E-state index in [0.29, 0.717) is 23.3 Å². The first-order valence-electron chi connectivity index (χ1n) is 11.5. The molecule has 0 aliphatic heterocycles. The van der Waals surface area contributed by atoms with Gasteiger partial charge in [-0.15, -0.1) is 0 Å². The highest BCUT2D eigenvalue weighted by molar-refractivity contribution is 6.06. The van der Waals surface area contributed by atoms with E-state index < -0.39 is 0 Å². The van der Waals surface area contributed by atoms with Crippen LogP contribution in [0.5, 0.6) is 0 Å². The molecule has 11 heteroatoms. The zero-order valence-corrected chi connectivity index (χ0v) is 19.7. The van der Waals surface area contributed by atoms with Crippen LogP contribution in [-0.2, 0) is 0 Å². The molecule has 0 aliphatic carbocycles. The molecular formula is C27H17N11. The molecule has 0 saturated heterocycles. The summed E-state index contributed by atoms with van der Waals surface area (Å²) < 4.78 is 0. The molecule has 0 atom stereocenters. The molecule has 6 aromatic rings. The summed E-state index contributed by atoms with van der Waals surface area (Å²) in [7, 11) is 0. The van der Waals surface area contributed by atoms with Crippen LogP contribution in [0.25, 0.3) is 45.6 Å². The maximum absolute atomic E-state index is 9.05. The lowest BCUT2D eigenvalue weighted by molar-refractivity contribution is 1.00. The molecule has 38 heavy (non-hydrogen) atoms. The summed E-state index contributed by atoms with van der Waals surface area (Å²) >= 11 is 0. The maximum Gasteiger partial charge on any atom is 0.185 e. The predicted molar refractivity (Wildman–Crippen MR) is 139 cm³/mol. The molecule has 0 amide bonds. The van der Waals surface area contributed by atoms with E-state index in [9.17, 15) is 0 Å². The Labute approximate surface area is 216 Å². The van der Waals surface area contributed by atoms with Gasteiger partial charge in [0.1, 0.15) is 5.71 Å². The quantitative estimate of drug-likeness (QED) is 0.338. The molecular weight excluding hydrogens is 478 g/mol. The zero-order chi connectivity index (χ0) is 25.7. The second-order valence-electron chi connectivity index (χ2n) is 7.93. The van der Waals surface area contributed by atoms with Crippen LogP contribution in [0.2, 0.25) is 0 Å². The van der Waals surface area contributed by atoms with Gasteiger partial charge in [0, 0.05) is 71.8 Å². The number of pyridine rings is 4. The third-order valence-corrected chi connectivity index (χ3v) is 5.47. The molecule has 0 saturated carbocycles. The van der Waals surface area contributed by atoms with Crippen molar-refractivity contribution >= 4 is 5.71 Å². The van der Waals surface area contributed by atoms with E-state index in [4.69, 9.17) is 5.41 Å². The van der Waals surface area contributed by atoms with Crippen LogP contribution in [0.4, 0.5) is 0 Å². The number of nitrogens with one attached hydrogen (secondary N) is 1. The normalized spacial score (nSPS) is 10.7. The molecule has 0 aromatic carbocycles. The predicted octanol–water partition coefficient (Wildman–Crippen LogP) is 3.72. The number of aromatic nitrogens is 10. The fourth-order valence-corrected chi connectivity index (χ4v) is 3.60. The molecule has 0 fully saturated rings. The van der Waals surface area contributed by atoms with Gasteiger partial charge in [0.05, 0.1) is 0 Å². The minimum Gasteiger partial charge on any atom is -0.294 e. The molecule has 0 radical (unpaired) electrons. The van der Waals surface area contributed by atoms with Crippen LogP contribution in [0, 0.1) is 5.41 Å². The van der Waals surface area contributed by atoms with Gasteiger partial charge < -0.3 is 0 Å². The van der Waals surface area contributed by atoms with E-state index in [2.05, 4.69) is 49.8 Å². The van der Waals surface area contributed by atoms with Crippen molar-refractivity contribution in [1.82, 2.24) is 49.8 Å². The van der Waals surface area contributed by atoms with E-state index >= 15 is 0 Å². The van der Waals surface area contributed by atoms with E-state index in [1.165, 1.54) is 0 Å². The van der Waals surface area contributed by atoms with Crippen molar-refractivity contribution in [1.29, 1.82) is 5.41 Å². The van der Waals surface area contributed by atoms with Gasteiger partial charge in [0.25, 0.3) is 0 Å². The Bertz CT molecular complexity index is 1470. The van der Waals surface area contributed by atoms with E-state index in [-0.39, 0.29) is 17.4 Å². The SMILES string of the molecule is N=C(c1nc(-c2ccncc2)nc(-c2ccncc2)n1)c1nc(-c2ccncc2)nc(-c2ccncc2)n1. The summed E-state index contributed by atoms with van der Waals surface area (Å²) in [6.07, 6.45) is 13.3. The summed E-state index contributed by atoms with van der Waals surface area (Å²) in [6.45, 7) is 0. The first kappa shape index (κ1) is 22.7. The van der Waals surface area contributed by atoms with Crippen molar-refractivity contribution in [3.8, 4) is 45.6 Å². The molecule has 0 spiro atoms. The summed E-state index contributed by atoms with van der Waals surface area (Å²) in [6, 6.07) is 14.4. The molecule has 6 rings (SSSR count). The molecule has 11 nitrogen and oxygen atoms in total. The van der Waals surface area contributed by atoms with Gasteiger partial charge in [0.2, 0.25) is 0 Å². The van der Waals surface area contributed by atoms with Crippen LogP contribution in [0.15, 0.2) is 98.1 Å². The van der Waals surface area contributed by atoms with Crippen molar-refractivity contribution in [3.63, 3.8) is 0 Å². The fourth-order valence-electron chi connectivity index (χ4n) is 3.60. The third-order valence-electron chi connectivity index (χ3n) is 5.47. The molecule has 180 valence electrons. The topological polar surface area (TPSA) is 153 Å². The van der Waals surface area contributed by atoms with Gasteiger partial charge in [-0.2, -0.15) is 0 Å². The molecule has 6 aromatic heterocycles. The number of hydrogen-bond donors (Lipinski definition) is 1. The summed E-state index contributed by atoms with van der Waals surface area (Å²) in [4.78, 5) is 44.0. The van der Waals surface area contributed by atoms with Gasteiger partial charge in [0.15, 0.2) is 34.9 Å². The Morgan fingerprint density at radius 3 is 0.842 bits per heavy atom. The Morgan fingerprint density at radius 2 is 0.605 bits per heavy atom.